The summed E-state index contributed by atoms with van der Waals surface area (Å²) in [7, 11) is 0. The smallest absolute Gasteiger partial charge is 0.336 e. The highest BCUT2D eigenvalue weighted by Gasteiger charge is 2.63. The summed E-state index contributed by atoms with van der Waals surface area (Å²) in [5, 5.41) is 15.0. The van der Waals surface area contributed by atoms with E-state index in [1.807, 2.05) is 0 Å². The summed E-state index contributed by atoms with van der Waals surface area (Å²) in [6, 6.07) is 0. The lowest BCUT2D eigenvalue weighted by atomic mass is 9.73. The van der Waals surface area contributed by atoms with E-state index in [0.717, 1.165) is 0 Å². The van der Waals surface area contributed by atoms with Crippen molar-refractivity contribution in [2.45, 2.75) is 265 Å². The zero-order valence-electron chi connectivity index (χ0n) is 42.7. The molecule has 8 unspecified atom stereocenters. The average Bonchev–Trinajstić information content (AvgIpc) is 3.03. The SMILES string of the molecule is CC(C)C1(C)CC(OC(=O)CC(C(=O)OC2CC(C)(C)NC(C)(C(C)C)C2)(C(=O)OC2CC(C)(C)NC(C)(C(C)C)C2)C(=O)OC2CC(C)(C)NC(C)(C(C)C)C2)CC(C)(C)N1. The number of esters is 4. The quantitative estimate of drug-likeness (QED) is 0.0800. The molecule has 12 nitrogen and oxygen atoms in total. The standard InChI is InChI=1S/C50H90N4O8/c1-30(2)46(17)25-34(21-42(9,10)51-46)59-38(55)29-50(39(56)60-35-22-43(11,12)52-47(18,26-35)31(3)4,40(57)61-36-23-44(13,14)53-48(19,27-36)32(5)6)41(58)62-37-24-45(15,16)54-49(20,28-37)33(7)8/h30-37,51-54H,21-29H2,1-20H3. The van der Waals surface area contributed by atoms with Crippen LogP contribution in [-0.2, 0) is 38.1 Å². The van der Waals surface area contributed by atoms with Crippen LogP contribution >= 0.6 is 0 Å². The Morgan fingerprint density at radius 3 is 0.823 bits per heavy atom. The number of hydrogen-bond donors (Lipinski definition) is 4. The van der Waals surface area contributed by atoms with Crippen LogP contribution in [0.5, 0.6) is 0 Å². The van der Waals surface area contributed by atoms with Gasteiger partial charge in [-0.1, -0.05) is 55.4 Å². The van der Waals surface area contributed by atoms with E-state index in [9.17, 15) is 4.79 Å². The Bertz CT molecular complexity index is 1510. The van der Waals surface area contributed by atoms with Gasteiger partial charge in [0.2, 0.25) is 0 Å². The predicted molar refractivity (Wildman–Crippen MR) is 245 cm³/mol. The number of nitrogens with one attached hydrogen (secondary N) is 4. The summed E-state index contributed by atoms with van der Waals surface area (Å²) >= 11 is 0. The van der Waals surface area contributed by atoms with E-state index >= 15 is 14.4 Å². The van der Waals surface area contributed by atoms with Gasteiger partial charge >= 0.3 is 23.9 Å². The topological polar surface area (TPSA) is 153 Å². The molecule has 4 saturated heterocycles. The minimum Gasteiger partial charge on any atom is -0.462 e. The highest BCUT2D eigenvalue weighted by molar-refractivity contribution is 6.20. The van der Waals surface area contributed by atoms with Gasteiger partial charge in [0.15, 0.2) is 0 Å². The van der Waals surface area contributed by atoms with Crippen molar-refractivity contribution in [3.63, 3.8) is 0 Å². The Balaban J connectivity index is 1.87. The first kappa shape index (κ1) is 52.3. The lowest BCUT2D eigenvalue weighted by molar-refractivity contribution is -0.200. The Morgan fingerprint density at radius 1 is 0.403 bits per heavy atom. The summed E-state index contributed by atoms with van der Waals surface area (Å²) in [6.45, 7) is 41.9. The summed E-state index contributed by atoms with van der Waals surface area (Å²) < 4.78 is 25.7. The van der Waals surface area contributed by atoms with E-state index in [-0.39, 0.29) is 34.7 Å². The molecule has 0 aromatic carbocycles. The van der Waals surface area contributed by atoms with E-state index in [1.54, 1.807) is 0 Å². The van der Waals surface area contributed by atoms with E-state index in [1.165, 1.54) is 0 Å². The second-order valence-corrected chi connectivity index (χ2v) is 25.2. The van der Waals surface area contributed by atoms with Crippen LogP contribution in [0.25, 0.3) is 0 Å². The maximum absolute atomic E-state index is 15.5. The maximum Gasteiger partial charge on any atom is 0.336 e. The van der Waals surface area contributed by atoms with Crippen molar-refractivity contribution in [3.8, 4) is 0 Å². The van der Waals surface area contributed by atoms with Crippen molar-refractivity contribution < 1.29 is 38.1 Å². The third-order valence-corrected chi connectivity index (χ3v) is 15.7. The van der Waals surface area contributed by atoms with Gasteiger partial charge in [0, 0.05) is 95.7 Å². The third kappa shape index (κ3) is 11.9. The molecule has 4 heterocycles. The molecule has 0 amide bonds. The van der Waals surface area contributed by atoms with Gasteiger partial charge in [-0.15, -0.1) is 0 Å². The van der Waals surface area contributed by atoms with Crippen LogP contribution in [0.3, 0.4) is 0 Å². The van der Waals surface area contributed by atoms with Gasteiger partial charge in [0.1, 0.15) is 24.4 Å². The van der Waals surface area contributed by atoms with Crippen LogP contribution in [0.2, 0.25) is 0 Å². The van der Waals surface area contributed by atoms with Crippen molar-refractivity contribution >= 4 is 23.9 Å². The fraction of sp³-hybridized carbons (Fsp3) is 0.920. The van der Waals surface area contributed by atoms with E-state index in [4.69, 9.17) is 18.9 Å². The maximum atomic E-state index is 15.5. The van der Waals surface area contributed by atoms with Crippen molar-refractivity contribution in [1.82, 2.24) is 21.3 Å². The van der Waals surface area contributed by atoms with Gasteiger partial charge in [-0.05, 0) is 107 Å². The molecular formula is C50H90N4O8. The van der Waals surface area contributed by atoms with Gasteiger partial charge in [-0.2, -0.15) is 0 Å². The Labute approximate surface area is 376 Å². The van der Waals surface area contributed by atoms with Gasteiger partial charge < -0.3 is 40.2 Å². The molecule has 12 heteroatoms. The molecule has 0 aromatic heterocycles. The fourth-order valence-electron chi connectivity index (χ4n) is 11.5. The molecule has 358 valence electrons. The number of ether oxygens (including phenoxy) is 4. The monoisotopic (exact) mass is 875 g/mol. The highest BCUT2D eigenvalue weighted by Crippen LogP contribution is 2.43. The Hall–Kier alpha value is -2.28. The van der Waals surface area contributed by atoms with Crippen LogP contribution in [-0.4, -0.2) is 92.6 Å². The molecule has 4 N–H and O–H groups in total. The van der Waals surface area contributed by atoms with Gasteiger partial charge in [0.05, 0.1) is 6.42 Å². The van der Waals surface area contributed by atoms with Crippen LogP contribution in [0.15, 0.2) is 0 Å². The Morgan fingerprint density at radius 2 is 0.613 bits per heavy atom. The summed E-state index contributed by atoms with van der Waals surface area (Å²) in [5.41, 5.74) is -6.15. The third-order valence-electron chi connectivity index (χ3n) is 15.7. The molecule has 4 aliphatic heterocycles. The first-order valence-corrected chi connectivity index (χ1v) is 23.9. The highest BCUT2D eigenvalue weighted by atomic mass is 16.6. The van der Waals surface area contributed by atoms with Gasteiger partial charge in [-0.25, -0.2) is 0 Å². The molecule has 8 atom stereocenters. The zero-order valence-corrected chi connectivity index (χ0v) is 42.7. The minimum absolute atomic E-state index is 0.167. The number of rotatable bonds is 13. The van der Waals surface area contributed by atoms with Crippen LogP contribution < -0.4 is 21.3 Å². The second-order valence-electron chi connectivity index (χ2n) is 25.2. The molecule has 62 heavy (non-hydrogen) atoms. The fourth-order valence-corrected chi connectivity index (χ4v) is 11.5. The summed E-state index contributed by atoms with van der Waals surface area (Å²) in [6.07, 6.45) is 0.116. The van der Waals surface area contributed by atoms with Gasteiger partial charge in [0.25, 0.3) is 5.41 Å². The van der Waals surface area contributed by atoms with Crippen LogP contribution in [0.1, 0.15) is 196 Å². The number of carbonyl (C=O) groups is 4. The van der Waals surface area contributed by atoms with Crippen LogP contribution in [0.4, 0.5) is 0 Å². The lowest BCUT2D eigenvalue weighted by Crippen LogP contribution is -2.65. The first-order chi connectivity index (χ1) is 27.9. The summed E-state index contributed by atoms with van der Waals surface area (Å²) in [4.78, 5) is 61.1. The van der Waals surface area contributed by atoms with E-state index in [2.05, 4.69) is 160 Å². The Kier molecular flexibility index (Phi) is 15.1. The lowest BCUT2D eigenvalue weighted by Gasteiger charge is -2.51. The van der Waals surface area contributed by atoms with Crippen molar-refractivity contribution in [2.24, 2.45) is 29.1 Å². The molecular weight excluding hydrogens is 785 g/mol. The van der Waals surface area contributed by atoms with Crippen molar-refractivity contribution in [2.75, 3.05) is 0 Å². The molecule has 4 fully saturated rings. The molecule has 0 aromatic rings. The van der Waals surface area contributed by atoms with Crippen LogP contribution in [0, 0.1) is 29.1 Å². The summed E-state index contributed by atoms with van der Waals surface area (Å²) in [5.74, 6) is -3.52. The molecule has 0 bridgehead atoms. The van der Waals surface area contributed by atoms with Crippen molar-refractivity contribution in [1.29, 1.82) is 0 Å². The zero-order chi connectivity index (χ0) is 47.4. The normalized spacial score (nSPS) is 36.5. The van der Waals surface area contributed by atoms with Crippen molar-refractivity contribution in [3.05, 3.63) is 0 Å². The molecule has 0 aliphatic carbocycles. The van der Waals surface area contributed by atoms with E-state index in [0.29, 0.717) is 51.4 Å². The number of piperidine rings is 4. The number of hydrogen-bond acceptors (Lipinski definition) is 12. The van der Waals surface area contributed by atoms with E-state index < -0.39 is 93.4 Å². The molecule has 0 spiro atoms. The first-order valence-electron chi connectivity index (χ1n) is 23.9. The van der Waals surface area contributed by atoms with Gasteiger partial charge in [-0.3, -0.25) is 19.2 Å². The second kappa shape index (κ2) is 17.8. The number of carbonyl (C=O) groups excluding carboxylic acids is 4. The average molecular weight is 875 g/mol. The molecule has 4 rings (SSSR count). The molecule has 0 saturated carbocycles. The molecule has 0 radical (unpaired) electrons. The largest absolute Gasteiger partial charge is 0.462 e. The predicted octanol–water partition coefficient (Wildman–Crippen LogP) is 8.32. The molecule has 4 aliphatic rings. The minimum atomic E-state index is -2.80.